The molecule has 126 valence electrons. The molecule has 1 saturated carbocycles. The molecule has 0 atom stereocenters. The zero-order chi connectivity index (χ0) is 17.3. The molecule has 1 aromatic rings. The molecule has 0 radical (unpaired) electrons. The molecule has 2 N–H and O–H groups in total. The first kappa shape index (κ1) is 17.5. The molecule has 1 fully saturated rings. The number of anilines is 1. The SMILES string of the molecule is Cc1c(CS(C)(=O)=O)cccc1NC(=O)CC1(C(=O)O)CCC1. The smallest absolute Gasteiger partial charge is 0.310 e. The van der Waals surface area contributed by atoms with E-state index in [0.717, 1.165) is 12.7 Å². The van der Waals surface area contributed by atoms with Gasteiger partial charge in [0.1, 0.15) is 0 Å². The quantitative estimate of drug-likeness (QED) is 0.827. The van der Waals surface area contributed by atoms with Crippen molar-refractivity contribution in [1.29, 1.82) is 0 Å². The number of hydrogen-bond acceptors (Lipinski definition) is 4. The summed E-state index contributed by atoms with van der Waals surface area (Å²) in [4.78, 5) is 23.5. The second kappa shape index (κ2) is 6.31. The molecule has 1 aromatic carbocycles. The maximum atomic E-state index is 12.2. The molecule has 7 heteroatoms. The number of carboxylic acids is 1. The number of carbonyl (C=O) groups excluding carboxylic acids is 1. The number of aliphatic carboxylic acids is 1. The van der Waals surface area contributed by atoms with Crippen LogP contribution in [0.3, 0.4) is 0 Å². The first-order valence-corrected chi connectivity index (χ1v) is 9.48. The monoisotopic (exact) mass is 339 g/mol. The number of benzene rings is 1. The van der Waals surface area contributed by atoms with Gasteiger partial charge in [0.05, 0.1) is 11.2 Å². The summed E-state index contributed by atoms with van der Waals surface area (Å²) in [7, 11) is -3.17. The molecule has 0 unspecified atom stereocenters. The predicted octanol–water partition coefficient (Wildman–Crippen LogP) is 2.12. The highest BCUT2D eigenvalue weighted by molar-refractivity contribution is 7.89. The summed E-state index contributed by atoms with van der Waals surface area (Å²) in [5.74, 6) is -1.38. The van der Waals surface area contributed by atoms with Crippen molar-refractivity contribution < 1.29 is 23.1 Å². The molecule has 2 rings (SSSR count). The van der Waals surface area contributed by atoms with Crippen LogP contribution in [0.2, 0.25) is 0 Å². The number of carboxylic acid groups (broad SMARTS) is 1. The van der Waals surface area contributed by atoms with Crippen molar-refractivity contribution in [3.8, 4) is 0 Å². The average Bonchev–Trinajstić information content (AvgIpc) is 2.36. The van der Waals surface area contributed by atoms with E-state index in [4.69, 9.17) is 0 Å². The highest BCUT2D eigenvalue weighted by Crippen LogP contribution is 2.44. The van der Waals surface area contributed by atoms with Gasteiger partial charge in [-0.15, -0.1) is 0 Å². The molecule has 0 heterocycles. The fraction of sp³-hybridized carbons (Fsp3) is 0.500. The Morgan fingerprint density at radius 2 is 1.96 bits per heavy atom. The van der Waals surface area contributed by atoms with E-state index in [9.17, 15) is 23.1 Å². The topological polar surface area (TPSA) is 101 Å². The Morgan fingerprint density at radius 1 is 1.30 bits per heavy atom. The Hall–Kier alpha value is -1.89. The largest absolute Gasteiger partial charge is 0.481 e. The number of rotatable bonds is 6. The lowest BCUT2D eigenvalue weighted by Gasteiger charge is -2.37. The van der Waals surface area contributed by atoms with E-state index in [-0.39, 0.29) is 18.1 Å². The first-order chi connectivity index (χ1) is 10.6. The number of carbonyl (C=O) groups is 2. The van der Waals surface area contributed by atoms with Crippen molar-refractivity contribution >= 4 is 27.4 Å². The molecule has 23 heavy (non-hydrogen) atoms. The van der Waals surface area contributed by atoms with Crippen LogP contribution in [0.5, 0.6) is 0 Å². The minimum absolute atomic E-state index is 0.0575. The maximum Gasteiger partial charge on any atom is 0.310 e. The van der Waals surface area contributed by atoms with Crippen LogP contribution in [0, 0.1) is 12.3 Å². The highest BCUT2D eigenvalue weighted by atomic mass is 32.2. The fourth-order valence-corrected chi connectivity index (χ4v) is 3.71. The molecule has 0 bridgehead atoms. The van der Waals surface area contributed by atoms with Crippen molar-refractivity contribution in [2.24, 2.45) is 5.41 Å². The molecule has 6 nitrogen and oxygen atoms in total. The van der Waals surface area contributed by atoms with Gasteiger partial charge in [0, 0.05) is 18.4 Å². The van der Waals surface area contributed by atoms with Gasteiger partial charge in [-0.25, -0.2) is 8.42 Å². The van der Waals surface area contributed by atoms with Crippen LogP contribution >= 0.6 is 0 Å². The van der Waals surface area contributed by atoms with Crippen molar-refractivity contribution in [2.45, 2.75) is 38.4 Å². The van der Waals surface area contributed by atoms with Crippen molar-refractivity contribution in [3.63, 3.8) is 0 Å². The van der Waals surface area contributed by atoms with Gasteiger partial charge in [0.2, 0.25) is 5.91 Å². The Kier molecular flexibility index (Phi) is 4.79. The molecular weight excluding hydrogens is 318 g/mol. The van der Waals surface area contributed by atoms with Crippen LogP contribution in [0.1, 0.15) is 36.8 Å². The first-order valence-electron chi connectivity index (χ1n) is 7.42. The zero-order valence-corrected chi connectivity index (χ0v) is 14.1. The van der Waals surface area contributed by atoms with E-state index in [0.29, 0.717) is 29.7 Å². The molecule has 1 aliphatic carbocycles. The van der Waals surface area contributed by atoms with Crippen LogP contribution < -0.4 is 5.32 Å². The minimum Gasteiger partial charge on any atom is -0.481 e. The number of amides is 1. The summed E-state index contributed by atoms with van der Waals surface area (Å²) >= 11 is 0. The minimum atomic E-state index is -3.17. The fourth-order valence-electron chi connectivity index (χ4n) is 2.83. The van der Waals surface area contributed by atoms with Crippen LogP contribution in [0.4, 0.5) is 5.69 Å². The molecule has 1 aliphatic rings. The Bertz CT molecular complexity index is 735. The summed E-state index contributed by atoms with van der Waals surface area (Å²) in [5, 5.41) is 12.0. The Morgan fingerprint density at radius 3 is 2.43 bits per heavy atom. The molecule has 0 saturated heterocycles. The van der Waals surface area contributed by atoms with Crippen LogP contribution in [-0.4, -0.2) is 31.7 Å². The second-order valence-electron chi connectivity index (χ2n) is 6.32. The van der Waals surface area contributed by atoms with Gasteiger partial charge in [0.15, 0.2) is 9.84 Å². The molecule has 1 amide bonds. The van der Waals surface area contributed by atoms with Crippen molar-refractivity contribution in [2.75, 3.05) is 11.6 Å². The van der Waals surface area contributed by atoms with E-state index in [1.807, 2.05) is 0 Å². The van der Waals surface area contributed by atoms with E-state index in [1.165, 1.54) is 0 Å². The van der Waals surface area contributed by atoms with Crippen LogP contribution in [-0.2, 0) is 25.2 Å². The van der Waals surface area contributed by atoms with Gasteiger partial charge in [0.25, 0.3) is 0 Å². The van der Waals surface area contributed by atoms with Gasteiger partial charge in [-0.05, 0) is 37.0 Å². The molecular formula is C16H21NO5S. The van der Waals surface area contributed by atoms with E-state index in [1.54, 1.807) is 25.1 Å². The Labute approximate surface area is 135 Å². The summed E-state index contributed by atoms with van der Waals surface area (Å²) in [5.41, 5.74) is 0.893. The van der Waals surface area contributed by atoms with Crippen LogP contribution in [0.25, 0.3) is 0 Å². The van der Waals surface area contributed by atoms with E-state index in [2.05, 4.69) is 5.32 Å². The predicted molar refractivity (Wildman–Crippen MR) is 86.9 cm³/mol. The Balaban J connectivity index is 2.12. The summed E-state index contributed by atoms with van der Waals surface area (Å²) in [6.07, 6.45) is 2.96. The highest BCUT2D eigenvalue weighted by Gasteiger charge is 2.45. The normalized spacial score (nSPS) is 16.4. The van der Waals surface area contributed by atoms with Gasteiger partial charge in [-0.3, -0.25) is 9.59 Å². The number of hydrogen-bond donors (Lipinski definition) is 2. The lowest BCUT2D eigenvalue weighted by atomic mass is 9.66. The lowest BCUT2D eigenvalue weighted by Crippen LogP contribution is -2.41. The third kappa shape index (κ3) is 4.10. The van der Waals surface area contributed by atoms with Gasteiger partial charge in [-0.2, -0.15) is 0 Å². The van der Waals surface area contributed by atoms with Gasteiger partial charge in [-0.1, -0.05) is 18.6 Å². The zero-order valence-electron chi connectivity index (χ0n) is 13.3. The van der Waals surface area contributed by atoms with E-state index < -0.39 is 21.2 Å². The molecule has 0 aromatic heterocycles. The van der Waals surface area contributed by atoms with Gasteiger partial charge >= 0.3 is 5.97 Å². The van der Waals surface area contributed by atoms with Crippen LogP contribution in [0.15, 0.2) is 18.2 Å². The third-order valence-corrected chi connectivity index (χ3v) is 5.24. The average molecular weight is 339 g/mol. The maximum absolute atomic E-state index is 12.2. The lowest BCUT2D eigenvalue weighted by molar-refractivity contribution is -0.157. The van der Waals surface area contributed by atoms with Crippen molar-refractivity contribution in [3.05, 3.63) is 29.3 Å². The van der Waals surface area contributed by atoms with Crippen molar-refractivity contribution in [1.82, 2.24) is 0 Å². The number of nitrogens with one attached hydrogen (secondary N) is 1. The second-order valence-corrected chi connectivity index (χ2v) is 8.46. The van der Waals surface area contributed by atoms with Gasteiger partial charge < -0.3 is 10.4 Å². The summed E-state index contributed by atoms with van der Waals surface area (Å²) < 4.78 is 22.9. The summed E-state index contributed by atoms with van der Waals surface area (Å²) in [6, 6.07) is 5.07. The number of sulfone groups is 1. The molecule has 0 aliphatic heterocycles. The standard InChI is InChI=1S/C16H21NO5S/c1-11-12(10-23(2,21)22)5-3-6-13(11)17-14(18)9-16(15(19)20)7-4-8-16/h3,5-6H,4,7-10H2,1-2H3,(H,17,18)(H,19,20). The van der Waals surface area contributed by atoms with E-state index >= 15 is 0 Å². The summed E-state index contributed by atoms with van der Waals surface area (Å²) in [6.45, 7) is 1.74. The molecule has 0 spiro atoms. The third-order valence-electron chi connectivity index (χ3n) is 4.40.